The summed E-state index contributed by atoms with van der Waals surface area (Å²) >= 11 is 3.45. The summed E-state index contributed by atoms with van der Waals surface area (Å²) in [6, 6.07) is 6.45. The summed E-state index contributed by atoms with van der Waals surface area (Å²) in [6.07, 6.45) is 0. The molecule has 0 saturated heterocycles. The van der Waals surface area contributed by atoms with Gasteiger partial charge in [-0.2, -0.15) is 15.1 Å². The van der Waals surface area contributed by atoms with Crippen molar-refractivity contribution in [3.63, 3.8) is 0 Å². The summed E-state index contributed by atoms with van der Waals surface area (Å²) < 4.78 is 40.3. The van der Waals surface area contributed by atoms with Crippen LogP contribution in [-0.4, -0.2) is 48.3 Å². The van der Waals surface area contributed by atoms with E-state index in [4.69, 9.17) is 9.47 Å². The Labute approximate surface area is 199 Å². The number of benzene rings is 1. The third-order valence-corrected chi connectivity index (χ3v) is 7.25. The summed E-state index contributed by atoms with van der Waals surface area (Å²) in [6.45, 7) is 5.44. The maximum atomic E-state index is 12.7. The zero-order valence-electron chi connectivity index (χ0n) is 18.6. The lowest BCUT2D eigenvalue weighted by atomic mass is 10.2. The van der Waals surface area contributed by atoms with Crippen molar-refractivity contribution in [2.45, 2.75) is 31.7 Å². The Morgan fingerprint density at radius 1 is 1.12 bits per heavy atom. The predicted molar refractivity (Wildman–Crippen MR) is 125 cm³/mol. The van der Waals surface area contributed by atoms with Crippen LogP contribution in [0.15, 0.2) is 39.7 Å². The molecule has 0 bridgehead atoms. The van der Waals surface area contributed by atoms with Gasteiger partial charge in [-0.3, -0.25) is 14.2 Å². The van der Waals surface area contributed by atoms with Crippen LogP contribution >= 0.6 is 15.9 Å². The molecule has 33 heavy (non-hydrogen) atoms. The molecule has 2 N–H and O–H groups in total. The van der Waals surface area contributed by atoms with Gasteiger partial charge in [0.05, 0.1) is 35.0 Å². The quantitative estimate of drug-likeness (QED) is 0.446. The van der Waals surface area contributed by atoms with Gasteiger partial charge in [-0.15, -0.1) is 0 Å². The third kappa shape index (κ3) is 5.42. The molecule has 0 radical (unpaired) electrons. The highest BCUT2D eigenvalue weighted by molar-refractivity contribution is 9.10. The number of aryl methyl sites for hydroxylation is 1. The van der Waals surface area contributed by atoms with Gasteiger partial charge in [-0.05, 0) is 61.0 Å². The lowest BCUT2D eigenvalue weighted by molar-refractivity contribution is -0.119. The van der Waals surface area contributed by atoms with E-state index < -0.39 is 16.1 Å². The molecule has 0 aliphatic carbocycles. The van der Waals surface area contributed by atoms with Crippen molar-refractivity contribution >= 4 is 43.4 Å². The van der Waals surface area contributed by atoms with E-state index in [2.05, 4.69) is 41.0 Å². The number of hydrogen-bond acceptors (Lipinski definition) is 8. The maximum absolute atomic E-state index is 12.7. The molecule has 13 heteroatoms. The minimum absolute atomic E-state index is 0.0130. The Balaban J connectivity index is 1.74. The second-order valence-corrected chi connectivity index (χ2v) is 9.48. The molecule has 1 aromatic carbocycles. The zero-order valence-corrected chi connectivity index (χ0v) is 21.0. The Bertz CT molecular complexity index is 1250. The van der Waals surface area contributed by atoms with E-state index in [9.17, 15) is 13.2 Å². The average Bonchev–Trinajstić information content (AvgIpc) is 3.05. The molecule has 0 spiro atoms. The number of carbonyl (C=O) groups excluding carboxylic acids is 1. The molecular formula is C20H23BrN6O5S. The van der Waals surface area contributed by atoms with Gasteiger partial charge >= 0.3 is 6.01 Å². The van der Waals surface area contributed by atoms with E-state index in [1.807, 2.05) is 13.8 Å². The lowest BCUT2D eigenvalue weighted by Crippen LogP contribution is -2.25. The molecule has 11 nitrogen and oxygen atoms in total. The minimum Gasteiger partial charge on any atom is -0.481 e. The van der Waals surface area contributed by atoms with E-state index in [0.717, 1.165) is 15.9 Å². The van der Waals surface area contributed by atoms with E-state index in [0.29, 0.717) is 5.69 Å². The Hall–Kier alpha value is -3.19. The average molecular weight is 539 g/mol. The van der Waals surface area contributed by atoms with Crippen molar-refractivity contribution in [1.29, 1.82) is 0 Å². The first-order valence-electron chi connectivity index (χ1n) is 9.67. The molecule has 0 fully saturated rings. The fourth-order valence-corrected chi connectivity index (χ4v) is 4.20. The number of methoxy groups -OCH3 is 2. The van der Waals surface area contributed by atoms with Crippen LogP contribution in [0.5, 0.6) is 11.9 Å². The Morgan fingerprint density at radius 2 is 1.79 bits per heavy atom. The SMILES string of the molecule is COc1cc(NS(=O)(=O)c2ccc(NC(=O)C(C)n3nc(C)c(Br)c3C)cc2)nc(OC)n1. The first kappa shape index (κ1) is 24.5. The van der Waals surface area contributed by atoms with Crippen LogP contribution in [0.3, 0.4) is 0 Å². The number of amides is 1. The molecule has 3 rings (SSSR count). The van der Waals surface area contributed by atoms with Gasteiger partial charge in [0.25, 0.3) is 10.0 Å². The highest BCUT2D eigenvalue weighted by Gasteiger charge is 2.21. The van der Waals surface area contributed by atoms with Crippen LogP contribution in [0.25, 0.3) is 0 Å². The molecule has 0 aliphatic heterocycles. The normalized spacial score (nSPS) is 12.2. The summed E-state index contributed by atoms with van der Waals surface area (Å²) in [5.74, 6) is -0.163. The fourth-order valence-electron chi connectivity index (χ4n) is 2.94. The number of hydrogen-bond donors (Lipinski definition) is 2. The van der Waals surface area contributed by atoms with Crippen LogP contribution in [0.1, 0.15) is 24.4 Å². The molecular weight excluding hydrogens is 516 g/mol. The molecule has 0 aliphatic rings. The van der Waals surface area contributed by atoms with Gasteiger partial charge in [0.2, 0.25) is 11.8 Å². The van der Waals surface area contributed by atoms with E-state index in [1.54, 1.807) is 11.6 Å². The number of halogens is 1. The largest absolute Gasteiger partial charge is 0.481 e. The molecule has 0 saturated carbocycles. The van der Waals surface area contributed by atoms with Crippen LogP contribution in [0, 0.1) is 13.8 Å². The zero-order chi connectivity index (χ0) is 24.3. The van der Waals surface area contributed by atoms with Gasteiger partial charge in [-0.1, -0.05) is 0 Å². The van der Waals surface area contributed by atoms with Crippen molar-refractivity contribution in [2.75, 3.05) is 24.3 Å². The van der Waals surface area contributed by atoms with Gasteiger partial charge in [-0.25, -0.2) is 8.42 Å². The van der Waals surface area contributed by atoms with Crippen molar-refractivity contribution in [3.8, 4) is 11.9 Å². The minimum atomic E-state index is -3.96. The summed E-state index contributed by atoms with van der Waals surface area (Å²) in [7, 11) is -1.21. The first-order chi connectivity index (χ1) is 15.6. The van der Waals surface area contributed by atoms with E-state index in [-0.39, 0.29) is 28.5 Å². The smallest absolute Gasteiger partial charge is 0.321 e. The van der Waals surface area contributed by atoms with Crippen LogP contribution in [-0.2, 0) is 14.8 Å². The molecule has 1 unspecified atom stereocenters. The van der Waals surface area contributed by atoms with Gasteiger partial charge in [0.15, 0.2) is 5.82 Å². The summed E-state index contributed by atoms with van der Waals surface area (Å²) in [5.41, 5.74) is 2.06. The number of rotatable bonds is 8. The van der Waals surface area contributed by atoms with Gasteiger partial charge < -0.3 is 14.8 Å². The van der Waals surface area contributed by atoms with E-state index in [1.165, 1.54) is 44.6 Å². The fraction of sp³-hybridized carbons (Fsp3) is 0.300. The molecule has 3 aromatic rings. The molecule has 2 heterocycles. The van der Waals surface area contributed by atoms with Crippen LogP contribution in [0.4, 0.5) is 11.5 Å². The number of ether oxygens (including phenoxy) is 2. The number of nitrogens with zero attached hydrogens (tertiary/aromatic N) is 4. The van der Waals surface area contributed by atoms with Gasteiger partial charge in [0, 0.05) is 11.8 Å². The number of carbonyl (C=O) groups is 1. The molecule has 1 amide bonds. The highest BCUT2D eigenvalue weighted by Crippen LogP contribution is 2.24. The number of anilines is 2. The molecule has 176 valence electrons. The van der Waals surface area contributed by atoms with Crippen molar-refractivity contribution < 1.29 is 22.7 Å². The topological polar surface area (TPSA) is 137 Å². The second-order valence-electron chi connectivity index (χ2n) is 7.01. The Morgan fingerprint density at radius 3 is 2.33 bits per heavy atom. The summed E-state index contributed by atoms with van der Waals surface area (Å²) in [4.78, 5) is 20.5. The third-order valence-electron chi connectivity index (χ3n) is 4.73. The molecule has 1 atom stereocenters. The summed E-state index contributed by atoms with van der Waals surface area (Å²) in [5, 5.41) is 7.15. The predicted octanol–water partition coefficient (Wildman–Crippen LogP) is 3.07. The van der Waals surface area contributed by atoms with Crippen molar-refractivity contribution in [2.24, 2.45) is 0 Å². The molecule has 2 aromatic heterocycles. The highest BCUT2D eigenvalue weighted by atomic mass is 79.9. The monoisotopic (exact) mass is 538 g/mol. The van der Waals surface area contributed by atoms with E-state index >= 15 is 0 Å². The van der Waals surface area contributed by atoms with Crippen molar-refractivity contribution in [1.82, 2.24) is 19.7 Å². The van der Waals surface area contributed by atoms with Crippen LogP contribution in [0.2, 0.25) is 0 Å². The Kier molecular flexibility index (Phi) is 7.22. The number of aromatic nitrogens is 4. The van der Waals surface area contributed by atoms with Gasteiger partial charge in [0.1, 0.15) is 6.04 Å². The standard InChI is InChI=1S/C20H23BrN6O5S/c1-11-18(21)12(2)27(25-11)13(3)19(28)22-14-6-8-15(9-7-14)33(29,30)26-16-10-17(31-4)24-20(23-16)32-5/h6-10,13H,1-5H3,(H,22,28)(H,23,24,26). The van der Waals surface area contributed by atoms with Crippen molar-refractivity contribution in [3.05, 3.63) is 46.2 Å². The number of nitrogens with one attached hydrogen (secondary N) is 2. The number of sulfonamides is 1. The lowest BCUT2D eigenvalue weighted by Gasteiger charge is -2.15. The maximum Gasteiger partial charge on any atom is 0.321 e. The second kappa shape index (κ2) is 9.75. The van der Waals surface area contributed by atoms with Crippen LogP contribution < -0.4 is 19.5 Å². The first-order valence-corrected chi connectivity index (χ1v) is 12.0.